The summed E-state index contributed by atoms with van der Waals surface area (Å²) in [6, 6.07) is 27.0. The molecule has 0 fully saturated rings. The van der Waals surface area contributed by atoms with Crippen LogP contribution in [0.2, 0.25) is 0 Å². The van der Waals surface area contributed by atoms with E-state index in [1.165, 1.54) is 42.8 Å². The van der Waals surface area contributed by atoms with E-state index >= 15 is 0 Å². The van der Waals surface area contributed by atoms with Crippen LogP contribution in [0.25, 0.3) is 21.5 Å². The van der Waals surface area contributed by atoms with Crippen molar-refractivity contribution >= 4 is 100 Å². The average Bonchev–Trinajstić information content (AvgIpc) is 3.18. The fourth-order valence-corrected chi connectivity index (χ4v) is 54.7. The van der Waals surface area contributed by atoms with Gasteiger partial charge in [0.15, 0.2) is 0 Å². The molecule has 2 nitrogen and oxygen atoms in total. The summed E-state index contributed by atoms with van der Waals surface area (Å²) in [6.45, 7) is 0. The second-order valence-electron chi connectivity index (χ2n) is 7.29. The van der Waals surface area contributed by atoms with Crippen LogP contribution in [-0.4, -0.2) is 45.4 Å². The predicted octanol–water partition coefficient (Wildman–Crippen LogP) is 5.26. The number of rotatable bonds is 3. The molecule has 0 N–H and O–H groups in total. The molecule has 4 aromatic rings. The Morgan fingerprint density at radius 2 is 0.967 bits per heavy atom. The van der Waals surface area contributed by atoms with E-state index in [4.69, 9.17) is 9.05 Å². The standard InChI is InChI=1S/C22H18O2P4Se2/c1-23-27(29)19-13-5-9-15-7-3-11-17(21(15)19)25(27)26-18-12-4-8-16-10-6-14-20(22(16)18)28(26,30)24-2/h3-14H,1-2H3. The van der Waals surface area contributed by atoms with Crippen molar-refractivity contribution in [3.8, 4) is 0 Å². The van der Waals surface area contributed by atoms with Gasteiger partial charge in [-0.1, -0.05) is 0 Å². The van der Waals surface area contributed by atoms with Crippen LogP contribution in [-0.2, 0) is 9.05 Å². The molecule has 2 aliphatic rings. The Kier molecular flexibility index (Phi) is 5.02. The fourth-order valence-electron chi connectivity index (χ4n) is 4.67. The van der Waals surface area contributed by atoms with E-state index < -0.39 is 26.3 Å². The van der Waals surface area contributed by atoms with E-state index in [1.54, 1.807) is 0 Å². The molecule has 0 amide bonds. The van der Waals surface area contributed by atoms with Gasteiger partial charge in [-0.15, -0.1) is 0 Å². The van der Waals surface area contributed by atoms with Gasteiger partial charge >= 0.3 is 196 Å². The molecule has 6 rings (SSSR count). The molecular formula is C22H18O2P4Se2. The maximum atomic E-state index is 6.48. The molecule has 0 aromatic heterocycles. The van der Waals surface area contributed by atoms with Crippen molar-refractivity contribution in [2.24, 2.45) is 0 Å². The first-order valence-corrected chi connectivity index (χ1v) is 22.2. The third kappa shape index (κ3) is 2.54. The molecule has 0 bridgehead atoms. The van der Waals surface area contributed by atoms with E-state index in [-0.39, 0.29) is 0 Å². The summed E-state index contributed by atoms with van der Waals surface area (Å²) in [4.78, 5) is 0. The molecule has 8 heteroatoms. The van der Waals surface area contributed by atoms with Gasteiger partial charge in [0, 0.05) is 0 Å². The van der Waals surface area contributed by atoms with Crippen LogP contribution in [0.1, 0.15) is 0 Å². The Morgan fingerprint density at radius 3 is 1.33 bits per heavy atom. The molecule has 0 saturated heterocycles. The van der Waals surface area contributed by atoms with Gasteiger partial charge in [-0.2, -0.15) is 0 Å². The van der Waals surface area contributed by atoms with E-state index in [1.807, 2.05) is 14.2 Å². The molecule has 2 heterocycles. The van der Waals surface area contributed by atoms with Crippen molar-refractivity contribution < 1.29 is 9.05 Å². The summed E-state index contributed by atoms with van der Waals surface area (Å²) in [5.41, 5.74) is 0. The van der Waals surface area contributed by atoms with Crippen LogP contribution in [0.4, 0.5) is 0 Å². The molecule has 30 heavy (non-hydrogen) atoms. The third-order valence-corrected chi connectivity index (χ3v) is 45.2. The summed E-state index contributed by atoms with van der Waals surface area (Å²) in [6.07, 6.45) is 0. The van der Waals surface area contributed by atoms with Crippen molar-refractivity contribution in [1.29, 1.82) is 0 Å². The summed E-state index contributed by atoms with van der Waals surface area (Å²) in [7, 11) is 2.57. The van der Waals surface area contributed by atoms with Gasteiger partial charge in [0.25, 0.3) is 0 Å². The van der Waals surface area contributed by atoms with Gasteiger partial charge in [0.05, 0.1) is 0 Å². The second-order valence-corrected chi connectivity index (χ2v) is 33.4. The summed E-state index contributed by atoms with van der Waals surface area (Å²) in [5, 5.41) is 11.2. The molecule has 2 aliphatic heterocycles. The van der Waals surface area contributed by atoms with Gasteiger partial charge in [-0.3, -0.25) is 0 Å². The number of hydrogen-bond donors (Lipinski definition) is 0. The van der Waals surface area contributed by atoms with Gasteiger partial charge in [-0.25, -0.2) is 0 Å². The van der Waals surface area contributed by atoms with Crippen molar-refractivity contribution in [3.05, 3.63) is 72.8 Å². The SMILES string of the molecule is CO[P+]1([Se-])c2cccc3cccc(c23)P1P1c2cccc3cccc(c23)[P+]1([Se-])OC. The monoisotopic (exact) mass is 598 g/mol. The number of hydrogen-bond acceptors (Lipinski definition) is 2. The summed E-state index contributed by atoms with van der Waals surface area (Å²) >= 11 is 7.28. The maximum absolute atomic E-state index is 6.48. The summed E-state index contributed by atoms with van der Waals surface area (Å²) < 4.78 is 13.0. The fraction of sp³-hybridized carbons (Fsp3) is 0.0909. The first-order valence-electron chi connectivity index (χ1n) is 9.52. The Hall–Kier alpha value is 0.0790. The quantitative estimate of drug-likeness (QED) is 0.238. The minimum atomic E-state index is -1.95. The molecule has 0 radical (unpaired) electrons. The van der Waals surface area contributed by atoms with E-state index in [0.29, 0.717) is 0 Å². The minimum absolute atomic E-state index is 0.612. The Balaban J connectivity index is 1.70. The van der Waals surface area contributed by atoms with Crippen LogP contribution < -0.4 is 21.2 Å². The molecule has 4 atom stereocenters. The van der Waals surface area contributed by atoms with Gasteiger partial charge in [-0.05, 0) is 0 Å². The van der Waals surface area contributed by atoms with E-state index in [2.05, 4.69) is 104 Å². The molecule has 0 spiro atoms. The van der Waals surface area contributed by atoms with E-state index in [0.717, 1.165) is 0 Å². The van der Waals surface area contributed by atoms with Crippen LogP contribution in [0.5, 0.6) is 0 Å². The van der Waals surface area contributed by atoms with Crippen molar-refractivity contribution in [2.75, 3.05) is 14.2 Å². The van der Waals surface area contributed by atoms with Crippen LogP contribution in [0, 0.1) is 0 Å². The van der Waals surface area contributed by atoms with Crippen molar-refractivity contribution in [2.45, 2.75) is 0 Å². The van der Waals surface area contributed by atoms with Gasteiger partial charge in [0.2, 0.25) is 0 Å². The predicted molar refractivity (Wildman–Crippen MR) is 140 cm³/mol. The van der Waals surface area contributed by atoms with Crippen molar-refractivity contribution in [3.63, 3.8) is 0 Å². The number of benzene rings is 4. The normalized spacial score (nSPS) is 29.2. The third-order valence-electron chi connectivity index (χ3n) is 5.93. The molecular weight excluding hydrogens is 578 g/mol. The topological polar surface area (TPSA) is 18.5 Å². The zero-order chi connectivity index (χ0) is 20.7. The van der Waals surface area contributed by atoms with Crippen LogP contribution >= 0.6 is 26.3 Å². The Bertz CT molecular complexity index is 1240. The molecule has 0 aliphatic carbocycles. The van der Waals surface area contributed by atoms with Gasteiger partial charge in [0.1, 0.15) is 0 Å². The zero-order valence-electron chi connectivity index (χ0n) is 16.4. The molecule has 4 aromatic carbocycles. The van der Waals surface area contributed by atoms with Crippen LogP contribution in [0.15, 0.2) is 72.8 Å². The second kappa shape index (κ2) is 7.29. The zero-order valence-corrected chi connectivity index (χ0v) is 23.4. The summed E-state index contributed by atoms with van der Waals surface area (Å²) in [5.74, 6) is -3.90. The Morgan fingerprint density at radius 1 is 0.600 bits per heavy atom. The molecule has 150 valence electrons. The van der Waals surface area contributed by atoms with Gasteiger partial charge < -0.3 is 0 Å². The van der Waals surface area contributed by atoms with Crippen LogP contribution in [0.3, 0.4) is 0 Å². The molecule has 0 saturated carbocycles. The van der Waals surface area contributed by atoms with E-state index in [9.17, 15) is 0 Å². The van der Waals surface area contributed by atoms with Crippen molar-refractivity contribution in [1.82, 2.24) is 0 Å². The first-order chi connectivity index (χ1) is 14.5. The average molecular weight is 596 g/mol. The molecule has 4 unspecified atom stereocenters. The Labute approximate surface area is 195 Å². The first kappa shape index (κ1) is 20.7.